The van der Waals surface area contributed by atoms with E-state index in [4.69, 9.17) is 9.52 Å². The molecule has 0 radical (unpaired) electrons. The van der Waals surface area contributed by atoms with Gasteiger partial charge in [-0.1, -0.05) is 41.5 Å². The topological polar surface area (TPSA) is 100 Å². The minimum Gasteiger partial charge on any atom is -0.481 e. The van der Waals surface area contributed by atoms with Gasteiger partial charge >= 0.3 is 11.9 Å². The standard InChI is InChI=1S/C22H21NO5/c1-13-3-6-15(7-4-13)20-12-18(16-11-14(2)5-9-19(16)28-20)23-17(22(26)27)8-10-21(24)25/h3-7,9,11-12,17H,8,10H2,1-2H3,(H,24,25)(H,26,27). The molecule has 0 amide bonds. The zero-order valence-electron chi connectivity index (χ0n) is 15.7. The molecule has 1 heterocycles. The van der Waals surface area contributed by atoms with Gasteiger partial charge in [0.25, 0.3) is 0 Å². The van der Waals surface area contributed by atoms with Crippen LogP contribution in [0.25, 0.3) is 22.3 Å². The number of fused-ring (bicyclic) bond motifs is 1. The van der Waals surface area contributed by atoms with Crippen molar-refractivity contribution >= 4 is 22.9 Å². The van der Waals surface area contributed by atoms with Crippen molar-refractivity contribution < 1.29 is 24.2 Å². The van der Waals surface area contributed by atoms with Gasteiger partial charge < -0.3 is 14.6 Å². The summed E-state index contributed by atoms with van der Waals surface area (Å²) >= 11 is 0. The summed E-state index contributed by atoms with van der Waals surface area (Å²) < 4.78 is 6.02. The molecule has 6 heteroatoms. The van der Waals surface area contributed by atoms with Gasteiger partial charge in [0.05, 0.1) is 5.36 Å². The molecule has 0 aliphatic rings. The molecule has 0 bridgehead atoms. The average Bonchev–Trinajstić information content (AvgIpc) is 2.65. The van der Waals surface area contributed by atoms with E-state index in [1.54, 1.807) is 6.07 Å². The van der Waals surface area contributed by atoms with Gasteiger partial charge in [-0.15, -0.1) is 0 Å². The van der Waals surface area contributed by atoms with E-state index in [-0.39, 0.29) is 12.8 Å². The number of hydrogen-bond acceptors (Lipinski definition) is 4. The van der Waals surface area contributed by atoms with Crippen LogP contribution in [0.3, 0.4) is 0 Å². The van der Waals surface area contributed by atoms with Crippen molar-refractivity contribution in [3.8, 4) is 11.3 Å². The van der Waals surface area contributed by atoms with E-state index in [2.05, 4.69) is 4.99 Å². The fourth-order valence-corrected chi connectivity index (χ4v) is 2.92. The quantitative estimate of drug-likeness (QED) is 0.676. The molecule has 1 atom stereocenters. The molecule has 2 aromatic carbocycles. The predicted octanol–water partition coefficient (Wildman–Crippen LogP) is 3.94. The van der Waals surface area contributed by atoms with Crippen LogP contribution < -0.4 is 5.36 Å². The Balaban J connectivity index is 2.20. The maximum Gasteiger partial charge on any atom is 0.328 e. The summed E-state index contributed by atoms with van der Waals surface area (Å²) in [6.07, 6.45) is -0.344. The van der Waals surface area contributed by atoms with Gasteiger partial charge in [-0.05, 0) is 32.4 Å². The van der Waals surface area contributed by atoms with Gasteiger partial charge in [-0.25, -0.2) is 4.79 Å². The lowest BCUT2D eigenvalue weighted by atomic mass is 10.1. The third-order valence-electron chi connectivity index (χ3n) is 4.45. The normalized spacial score (nSPS) is 12.9. The van der Waals surface area contributed by atoms with E-state index in [0.29, 0.717) is 22.1 Å². The number of aryl methyl sites for hydroxylation is 2. The number of benzene rings is 2. The van der Waals surface area contributed by atoms with Crippen LogP contribution in [0, 0.1) is 13.8 Å². The lowest BCUT2D eigenvalue weighted by Gasteiger charge is -2.09. The minimum absolute atomic E-state index is 0.0795. The Kier molecular flexibility index (Phi) is 5.59. The Morgan fingerprint density at radius 3 is 2.32 bits per heavy atom. The summed E-state index contributed by atoms with van der Waals surface area (Å²) in [6, 6.07) is 14.0. The van der Waals surface area contributed by atoms with Crippen LogP contribution in [0.5, 0.6) is 0 Å². The first-order valence-corrected chi connectivity index (χ1v) is 8.93. The van der Waals surface area contributed by atoms with E-state index in [1.165, 1.54) is 0 Å². The van der Waals surface area contributed by atoms with Gasteiger partial charge in [-0.2, -0.15) is 0 Å². The molecule has 1 aromatic heterocycles. The molecule has 1 unspecified atom stereocenters. The fraction of sp³-hybridized carbons (Fsp3) is 0.227. The van der Waals surface area contributed by atoms with Gasteiger partial charge in [0.1, 0.15) is 17.4 Å². The van der Waals surface area contributed by atoms with E-state index in [1.807, 2.05) is 56.3 Å². The third kappa shape index (κ3) is 4.46. The largest absolute Gasteiger partial charge is 0.481 e. The van der Waals surface area contributed by atoms with Gasteiger partial charge in [0, 0.05) is 23.4 Å². The highest BCUT2D eigenvalue weighted by Gasteiger charge is 2.18. The first-order chi connectivity index (χ1) is 13.3. The molecule has 0 fully saturated rings. The fourth-order valence-electron chi connectivity index (χ4n) is 2.92. The first-order valence-electron chi connectivity index (χ1n) is 8.93. The van der Waals surface area contributed by atoms with E-state index >= 15 is 0 Å². The van der Waals surface area contributed by atoms with Crippen molar-refractivity contribution in [1.29, 1.82) is 0 Å². The summed E-state index contributed by atoms with van der Waals surface area (Å²) in [5.41, 5.74) is 3.54. The van der Waals surface area contributed by atoms with Gasteiger partial charge in [0.15, 0.2) is 0 Å². The highest BCUT2D eigenvalue weighted by atomic mass is 16.4. The summed E-state index contributed by atoms with van der Waals surface area (Å²) in [6.45, 7) is 3.92. The second-order valence-corrected chi connectivity index (χ2v) is 6.78. The smallest absolute Gasteiger partial charge is 0.328 e. The van der Waals surface area contributed by atoms with Gasteiger partial charge in [-0.3, -0.25) is 9.79 Å². The molecule has 3 aromatic rings. The molecule has 28 heavy (non-hydrogen) atoms. The Labute approximate surface area is 161 Å². The molecular formula is C22H21NO5. The Bertz CT molecular complexity index is 1100. The minimum atomic E-state index is -1.15. The van der Waals surface area contributed by atoms with Crippen molar-refractivity contribution in [2.24, 2.45) is 4.99 Å². The van der Waals surface area contributed by atoms with Gasteiger partial charge in [0.2, 0.25) is 0 Å². The molecular weight excluding hydrogens is 358 g/mol. The lowest BCUT2D eigenvalue weighted by Crippen LogP contribution is -2.22. The second kappa shape index (κ2) is 8.08. The van der Waals surface area contributed by atoms with Crippen LogP contribution in [0.1, 0.15) is 24.0 Å². The Hall–Kier alpha value is -3.41. The summed E-state index contributed by atoms with van der Waals surface area (Å²) in [4.78, 5) is 26.8. The van der Waals surface area contributed by atoms with E-state index in [0.717, 1.165) is 16.7 Å². The lowest BCUT2D eigenvalue weighted by molar-refractivity contribution is -0.139. The van der Waals surface area contributed by atoms with Crippen LogP contribution in [0.4, 0.5) is 0 Å². The van der Waals surface area contributed by atoms with Crippen LogP contribution in [0.2, 0.25) is 0 Å². The Morgan fingerprint density at radius 2 is 1.68 bits per heavy atom. The highest BCUT2D eigenvalue weighted by molar-refractivity contribution is 5.80. The monoisotopic (exact) mass is 379 g/mol. The molecule has 0 saturated heterocycles. The number of carboxylic acid groups (broad SMARTS) is 2. The van der Waals surface area contributed by atoms with Crippen molar-refractivity contribution in [3.63, 3.8) is 0 Å². The number of nitrogens with zero attached hydrogens (tertiary/aromatic N) is 1. The molecule has 6 nitrogen and oxygen atoms in total. The summed E-state index contributed by atoms with van der Waals surface area (Å²) in [5, 5.41) is 19.5. The maximum atomic E-state index is 11.6. The second-order valence-electron chi connectivity index (χ2n) is 6.78. The van der Waals surface area contributed by atoms with Crippen LogP contribution in [0.15, 0.2) is 57.9 Å². The zero-order valence-corrected chi connectivity index (χ0v) is 15.7. The number of hydrogen-bond donors (Lipinski definition) is 2. The predicted molar refractivity (Wildman–Crippen MR) is 105 cm³/mol. The number of carbonyl (C=O) groups is 2. The molecule has 2 N–H and O–H groups in total. The van der Waals surface area contributed by atoms with Crippen molar-refractivity contribution in [2.75, 3.05) is 0 Å². The van der Waals surface area contributed by atoms with E-state index in [9.17, 15) is 14.7 Å². The average molecular weight is 379 g/mol. The molecule has 144 valence electrons. The molecule has 0 saturated carbocycles. The highest BCUT2D eigenvalue weighted by Crippen LogP contribution is 2.23. The first kappa shape index (κ1) is 19.4. The number of aliphatic carboxylic acids is 2. The van der Waals surface area contributed by atoms with Crippen molar-refractivity contribution in [3.05, 3.63) is 65.0 Å². The third-order valence-corrected chi connectivity index (χ3v) is 4.45. The summed E-state index contributed by atoms with van der Waals surface area (Å²) in [7, 11) is 0. The molecule has 0 spiro atoms. The van der Waals surface area contributed by atoms with Crippen LogP contribution in [-0.4, -0.2) is 28.2 Å². The molecule has 0 aliphatic heterocycles. The molecule has 0 aliphatic carbocycles. The SMILES string of the molecule is Cc1ccc(-c2cc(=NC(CCC(=O)O)C(=O)O)c3cc(C)ccc3o2)cc1. The maximum absolute atomic E-state index is 11.6. The molecule has 3 rings (SSSR count). The van der Waals surface area contributed by atoms with Crippen LogP contribution >= 0.6 is 0 Å². The summed E-state index contributed by atoms with van der Waals surface area (Å²) in [5.74, 6) is -1.64. The van der Waals surface area contributed by atoms with Crippen LogP contribution in [-0.2, 0) is 9.59 Å². The zero-order chi connectivity index (χ0) is 20.3. The number of carboxylic acids is 2. The van der Waals surface area contributed by atoms with Crippen molar-refractivity contribution in [1.82, 2.24) is 0 Å². The Morgan fingerprint density at radius 1 is 1.00 bits per heavy atom. The van der Waals surface area contributed by atoms with Crippen molar-refractivity contribution in [2.45, 2.75) is 32.7 Å². The number of rotatable bonds is 6. The van der Waals surface area contributed by atoms with E-state index < -0.39 is 18.0 Å².